The first-order valence-corrected chi connectivity index (χ1v) is 11.1. The van der Waals surface area contributed by atoms with E-state index in [-0.39, 0.29) is 30.6 Å². The Morgan fingerprint density at radius 3 is 2.40 bits per heavy atom. The number of nitrogens with one attached hydrogen (secondary N) is 1. The Balaban J connectivity index is 1.82. The van der Waals surface area contributed by atoms with Gasteiger partial charge in [0.25, 0.3) is 0 Å². The molecule has 0 spiro atoms. The van der Waals surface area contributed by atoms with Gasteiger partial charge < -0.3 is 27.0 Å². The Kier molecular flexibility index (Phi) is 5.86. The molecule has 3 aliphatic carbocycles. The van der Waals surface area contributed by atoms with Gasteiger partial charge in [0.2, 0.25) is 11.8 Å². The third-order valence-corrected chi connectivity index (χ3v) is 7.39. The summed E-state index contributed by atoms with van der Waals surface area (Å²) in [4.78, 5) is 78.4. The van der Waals surface area contributed by atoms with E-state index in [2.05, 4.69) is 5.32 Å². The third kappa shape index (κ3) is 3.39. The van der Waals surface area contributed by atoms with Crippen LogP contribution in [0.15, 0.2) is 12.1 Å². The van der Waals surface area contributed by atoms with Gasteiger partial charge in [0.05, 0.1) is 29.8 Å². The van der Waals surface area contributed by atoms with E-state index < -0.39 is 76.0 Å². The molecule has 35 heavy (non-hydrogen) atoms. The van der Waals surface area contributed by atoms with Gasteiger partial charge in [0.1, 0.15) is 5.75 Å². The Morgan fingerprint density at radius 1 is 1.17 bits per heavy atom. The highest BCUT2D eigenvalue weighted by Gasteiger charge is 2.69. The van der Waals surface area contributed by atoms with Crippen LogP contribution in [-0.2, 0) is 30.4 Å². The molecular weight excluding hydrogens is 460 g/mol. The molecule has 6 atom stereocenters. The number of Topliss-reactive ketones (excluding diaryl/α,β-unsaturated/α-hetero) is 4. The normalized spacial score (nSPS) is 32.1. The number of likely N-dealkylation sites (N-methyl/N-ethyl adjacent to an activating group) is 1. The molecule has 12 heteroatoms. The summed E-state index contributed by atoms with van der Waals surface area (Å²) < 4.78 is 0. The molecule has 0 heterocycles. The number of primary amides is 1. The van der Waals surface area contributed by atoms with Crippen molar-refractivity contribution in [1.82, 2.24) is 4.90 Å². The van der Waals surface area contributed by atoms with Gasteiger partial charge in [-0.1, -0.05) is 6.07 Å². The number of nitrogens with zero attached hydrogens (tertiary/aromatic N) is 1. The number of ketones is 4. The number of amides is 2. The third-order valence-electron chi connectivity index (χ3n) is 7.39. The Labute approximate surface area is 199 Å². The van der Waals surface area contributed by atoms with Crippen molar-refractivity contribution in [2.75, 3.05) is 26.0 Å². The fourth-order valence-corrected chi connectivity index (χ4v) is 5.88. The van der Waals surface area contributed by atoms with Crippen molar-refractivity contribution in [1.29, 1.82) is 0 Å². The van der Waals surface area contributed by atoms with E-state index in [1.54, 1.807) is 0 Å². The first-order chi connectivity index (χ1) is 16.4. The highest BCUT2D eigenvalue weighted by molar-refractivity contribution is 6.32. The summed E-state index contributed by atoms with van der Waals surface area (Å²) in [7, 11) is 3.04. The van der Waals surface area contributed by atoms with E-state index in [0.717, 1.165) is 0 Å². The van der Waals surface area contributed by atoms with Crippen molar-refractivity contribution >= 4 is 40.6 Å². The van der Waals surface area contributed by atoms with Gasteiger partial charge in [-0.25, -0.2) is 0 Å². The number of phenolic OH excluding ortho intramolecular Hbond substituents is 1. The lowest BCUT2D eigenvalue weighted by Crippen LogP contribution is -2.74. The smallest absolute Gasteiger partial charge is 0.238 e. The molecule has 0 aromatic heterocycles. The van der Waals surface area contributed by atoms with E-state index in [1.165, 1.54) is 31.1 Å². The van der Waals surface area contributed by atoms with E-state index in [9.17, 15) is 39.0 Å². The lowest BCUT2D eigenvalue weighted by Gasteiger charge is -2.52. The zero-order valence-corrected chi connectivity index (χ0v) is 19.1. The summed E-state index contributed by atoms with van der Waals surface area (Å²) in [5, 5.41) is 24.6. The molecule has 0 aliphatic heterocycles. The summed E-state index contributed by atoms with van der Waals surface area (Å²) >= 11 is 0. The van der Waals surface area contributed by atoms with Gasteiger partial charge in [-0.2, -0.15) is 0 Å². The second kappa shape index (κ2) is 8.33. The van der Waals surface area contributed by atoms with Crippen molar-refractivity contribution in [3.8, 4) is 5.75 Å². The Bertz CT molecular complexity index is 1190. The number of benzene rings is 1. The van der Waals surface area contributed by atoms with Gasteiger partial charge in [-0.15, -0.1) is 0 Å². The molecule has 2 amide bonds. The van der Waals surface area contributed by atoms with Gasteiger partial charge in [0, 0.05) is 5.92 Å². The van der Waals surface area contributed by atoms with Crippen molar-refractivity contribution in [3.05, 3.63) is 23.3 Å². The highest BCUT2D eigenvalue weighted by atomic mass is 16.3. The molecule has 2 unspecified atom stereocenters. The number of rotatable bonds is 4. The Hall–Kier alpha value is -3.48. The second-order valence-electron chi connectivity index (χ2n) is 9.54. The molecule has 2 saturated carbocycles. The van der Waals surface area contributed by atoms with Crippen LogP contribution >= 0.6 is 0 Å². The van der Waals surface area contributed by atoms with Gasteiger partial charge in [-0.05, 0) is 44.5 Å². The van der Waals surface area contributed by atoms with Crippen LogP contribution in [0.2, 0.25) is 0 Å². The van der Waals surface area contributed by atoms with Crippen LogP contribution in [0.1, 0.15) is 22.3 Å². The maximum absolute atomic E-state index is 13.7. The lowest BCUT2D eigenvalue weighted by atomic mass is 9.52. The van der Waals surface area contributed by atoms with Crippen LogP contribution in [0.4, 0.5) is 5.69 Å². The van der Waals surface area contributed by atoms with Crippen LogP contribution < -0.4 is 16.8 Å². The van der Waals surface area contributed by atoms with Crippen molar-refractivity contribution in [2.24, 2.45) is 35.1 Å². The number of carbonyl (C=O) groups excluding carboxylic acids is 6. The molecule has 0 bridgehead atoms. The number of aliphatic hydroxyl groups is 1. The number of phenols is 1. The lowest BCUT2D eigenvalue weighted by molar-refractivity contribution is -0.181. The summed E-state index contributed by atoms with van der Waals surface area (Å²) in [5.74, 6) is -11.9. The average molecular weight is 486 g/mol. The molecule has 0 radical (unpaired) electrons. The number of hydrogen-bond acceptors (Lipinski definition) is 10. The standard InChI is InChI=1S/C23H26N4O8/c1-27(2)16-10-6-9-5-8-3-4-11(26-12(28)7-24)17(29)13(8)18(30)14(9)20(32)23(10,35)21(33)15(19(16)31)22(25)34/h3-4,9-10,14-16,29,35H,5-7,24H2,1-2H3,(H2,25,34)(H,26,28)/t9-,10-,14?,15?,16-,23-/m0/s1. The molecule has 1 aromatic carbocycles. The molecule has 2 fully saturated rings. The first-order valence-electron chi connectivity index (χ1n) is 11.1. The van der Waals surface area contributed by atoms with Crippen LogP contribution in [-0.4, -0.2) is 82.3 Å². The molecule has 186 valence electrons. The number of fused-ring (bicyclic) bond motifs is 3. The summed E-state index contributed by atoms with van der Waals surface area (Å²) in [6.45, 7) is -0.364. The number of anilines is 1. The molecule has 4 rings (SSSR count). The SMILES string of the molecule is CN(C)[C@@H]1C(=O)C(C(N)=O)C(=O)[C@@]2(O)C(=O)C3C(=O)c4c(ccc(NC(=O)CN)c4O)C[C@H]3C[C@@H]12. The minimum absolute atomic E-state index is 0.0314. The molecule has 1 aromatic rings. The first kappa shape index (κ1) is 24.6. The number of hydrogen-bond donors (Lipinski definition) is 5. The van der Waals surface area contributed by atoms with E-state index >= 15 is 0 Å². The summed E-state index contributed by atoms with van der Waals surface area (Å²) in [6.07, 6.45) is 0.112. The number of nitrogens with two attached hydrogens (primary N) is 2. The highest BCUT2D eigenvalue weighted by Crippen LogP contribution is 2.51. The topological polar surface area (TPSA) is 210 Å². The molecule has 0 saturated heterocycles. The van der Waals surface area contributed by atoms with Crippen LogP contribution in [0.3, 0.4) is 0 Å². The fraction of sp³-hybridized carbons (Fsp3) is 0.478. The Morgan fingerprint density at radius 2 is 1.83 bits per heavy atom. The molecular formula is C23H26N4O8. The predicted molar refractivity (Wildman–Crippen MR) is 119 cm³/mol. The van der Waals surface area contributed by atoms with Gasteiger partial charge >= 0.3 is 0 Å². The molecule has 7 N–H and O–H groups in total. The van der Waals surface area contributed by atoms with Crippen molar-refractivity contribution in [3.63, 3.8) is 0 Å². The zero-order chi connectivity index (χ0) is 26.0. The maximum atomic E-state index is 13.7. The minimum atomic E-state index is -2.78. The average Bonchev–Trinajstić information content (AvgIpc) is 2.77. The quantitative estimate of drug-likeness (QED) is 0.228. The van der Waals surface area contributed by atoms with Gasteiger partial charge in [-0.3, -0.25) is 33.7 Å². The minimum Gasteiger partial charge on any atom is -0.505 e. The van der Waals surface area contributed by atoms with Crippen molar-refractivity contribution < 1.29 is 39.0 Å². The van der Waals surface area contributed by atoms with E-state index in [4.69, 9.17) is 11.5 Å². The number of aromatic hydroxyl groups is 1. The van der Waals surface area contributed by atoms with Gasteiger partial charge in [0.15, 0.2) is 34.7 Å². The monoisotopic (exact) mass is 486 g/mol. The van der Waals surface area contributed by atoms with Crippen molar-refractivity contribution in [2.45, 2.75) is 24.5 Å². The summed E-state index contributed by atoms with van der Waals surface area (Å²) in [5.41, 5.74) is 7.92. The number of carbonyl (C=O) groups is 6. The van der Waals surface area contributed by atoms with Crippen LogP contribution in [0.5, 0.6) is 5.75 Å². The fourth-order valence-electron chi connectivity index (χ4n) is 5.88. The predicted octanol–water partition coefficient (Wildman–Crippen LogP) is -2.24. The zero-order valence-electron chi connectivity index (χ0n) is 19.1. The second-order valence-corrected chi connectivity index (χ2v) is 9.54. The molecule has 3 aliphatic rings. The summed E-state index contributed by atoms with van der Waals surface area (Å²) in [6, 6.07) is 1.79. The molecule has 12 nitrogen and oxygen atoms in total. The maximum Gasteiger partial charge on any atom is 0.238 e. The van der Waals surface area contributed by atoms with Crippen LogP contribution in [0, 0.1) is 23.7 Å². The largest absolute Gasteiger partial charge is 0.505 e. The van der Waals surface area contributed by atoms with E-state index in [0.29, 0.717) is 5.56 Å². The van der Waals surface area contributed by atoms with Crippen LogP contribution in [0.25, 0.3) is 0 Å². The van der Waals surface area contributed by atoms with E-state index in [1.807, 2.05) is 0 Å².